The highest BCUT2D eigenvalue weighted by molar-refractivity contribution is 14.1. The average molecular weight is 356 g/mol. The van der Waals surface area contributed by atoms with Gasteiger partial charge in [-0.15, -0.1) is 0 Å². The Morgan fingerprint density at radius 1 is 1.18 bits per heavy atom. The molecular formula is C10H17IN2O4. The molecule has 17 heavy (non-hydrogen) atoms. The summed E-state index contributed by atoms with van der Waals surface area (Å²) in [4.78, 5) is 33.6. The Morgan fingerprint density at radius 3 is 2.06 bits per heavy atom. The molecular weight excluding hydrogens is 339 g/mol. The number of aliphatic carboxylic acids is 1. The maximum Gasteiger partial charge on any atom is 0.325 e. The van der Waals surface area contributed by atoms with Gasteiger partial charge in [-0.25, -0.2) is 0 Å². The molecule has 0 saturated heterocycles. The molecule has 6 nitrogen and oxygen atoms in total. The first-order valence-corrected chi connectivity index (χ1v) is 6.70. The highest BCUT2D eigenvalue weighted by Crippen LogP contribution is 2.03. The van der Waals surface area contributed by atoms with E-state index in [0.29, 0.717) is 0 Å². The lowest BCUT2D eigenvalue weighted by Gasteiger charge is -2.22. The van der Waals surface area contributed by atoms with Crippen molar-refractivity contribution >= 4 is 40.4 Å². The SMILES string of the molecule is CC(C)[C@H](NC(=O)CI)C(=O)N[C@@H](C)C(=O)O. The van der Waals surface area contributed by atoms with Crippen LogP contribution in [0.5, 0.6) is 0 Å². The number of hydrogen-bond acceptors (Lipinski definition) is 3. The fourth-order valence-corrected chi connectivity index (χ4v) is 1.33. The van der Waals surface area contributed by atoms with Gasteiger partial charge in [0.25, 0.3) is 0 Å². The van der Waals surface area contributed by atoms with Crippen LogP contribution < -0.4 is 10.6 Å². The van der Waals surface area contributed by atoms with Gasteiger partial charge in [-0.2, -0.15) is 0 Å². The first-order chi connectivity index (χ1) is 7.79. The van der Waals surface area contributed by atoms with Crippen LogP contribution in [0.1, 0.15) is 20.8 Å². The third kappa shape index (κ3) is 5.85. The molecule has 0 heterocycles. The number of carboxylic acid groups (broad SMARTS) is 1. The van der Waals surface area contributed by atoms with Crippen LogP contribution in [0.4, 0.5) is 0 Å². The lowest BCUT2D eigenvalue weighted by molar-refractivity contribution is -0.141. The van der Waals surface area contributed by atoms with Crippen LogP contribution in [0.15, 0.2) is 0 Å². The molecule has 0 spiro atoms. The number of hydrogen-bond donors (Lipinski definition) is 3. The van der Waals surface area contributed by atoms with Gasteiger partial charge < -0.3 is 15.7 Å². The van der Waals surface area contributed by atoms with Crippen LogP contribution in [-0.2, 0) is 14.4 Å². The second-order valence-electron chi connectivity index (χ2n) is 3.99. The maximum atomic E-state index is 11.8. The molecule has 7 heteroatoms. The molecule has 2 amide bonds. The lowest BCUT2D eigenvalue weighted by atomic mass is 10.0. The van der Waals surface area contributed by atoms with Crippen molar-refractivity contribution in [3.8, 4) is 0 Å². The smallest absolute Gasteiger partial charge is 0.325 e. The molecule has 0 fully saturated rings. The Morgan fingerprint density at radius 2 is 1.71 bits per heavy atom. The highest BCUT2D eigenvalue weighted by atomic mass is 127. The van der Waals surface area contributed by atoms with Gasteiger partial charge in [0.1, 0.15) is 12.1 Å². The largest absolute Gasteiger partial charge is 0.480 e. The molecule has 0 aliphatic rings. The van der Waals surface area contributed by atoms with E-state index in [1.807, 2.05) is 22.6 Å². The van der Waals surface area contributed by atoms with Gasteiger partial charge in [-0.05, 0) is 12.8 Å². The number of amides is 2. The van der Waals surface area contributed by atoms with Crippen molar-refractivity contribution in [2.75, 3.05) is 4.43 Å². The molecule has 3 N–H and O–H groups in total. The zero-order chi connectivity index (χ0) is 13.6. The van der Waals surface area contributed by atoms with Crippen molar-refractivity contribution in [1.82, 2.24) is 10.6 Å². The maximum absolute atomic E-state index is 11.8. The van der Waals surface area contributed by atoms with E-state index in [-0.39, 0.29) is 16.3 Å². The van der Waals surface area contributed by atoms with E-state index in [9.17, 15) is 14.4 Å². The van der Waals surface area contributed by atoms with Gasteiger partial charge in [0.05, 0.1) is 4.43 Å². The van der Waals surface area contributed by atoms with E-state index in [1.54, 1.807) is 13.8 Å². The standard InChI is InChI=1S/C10H17IN2O4/c1-5(2)8(13-7(14)4-11)9(15)12-6(3)10(16)17/h5-6,8H,4H2,1-3H3,(H,12,15)(H,13,14)(H,16,17)/t6-,8-/m0/s1. The Bertz CT molecular complexity index is 307. The van der Waals surface area contributed by atoms with E-state index < -0.39 is 24.0 Å². The Balaban J connectivity index is 4.55. The Kier molecular flexibility index (Phi) is 7.09. The third-order valence-electron chi connectivity index (χ3n) is 2.12. The van der Waals surface area contributed by atoms with Crippen molar-refractivity contribution in [2.24, 2.45) is 5.92 Å². The first kappa shape index (κ1) is 16.1. The summed E-state index contributed by atoms with van der Waals surface area (Å²) in [5.74, 6) is -1.94. The van der Waals surface area contributed by atoms with E-state index in [2.05, 4.69) is 10.6 Å². The van der Waals surface area contributed by atoms with Gasteiger partial charge in [-0.1, -0.05) is 36.4 Å². The molecule has 0 aromatic rings. The number of halogens is 1. The van der Waals surface area contributed by atoms with Crippen LogP contribution in [0.2, 0.25) is 0 Å². The molecule has 0 radical (unpaired) electrons. The number of carbonyl (C=O) groups excluding carboxylic acids is 2. The summed E-state index contributed by atoms with van der Waals surface area (Å²) in [6, 6.07) is -1.68. The van der Waals surface area contributed by atoms with E-state index in [1.165, 1.54) is 6.92 Å². The highest BCUT2D eigenvalue weighted by Gasteiger charge is 2.26. The van der Waals surface area contributed by atoms with Crippen LogP contribution in [0.3, 0.4) is 0 Å². The number of alkyl halides is 1. The summed E-state index contributed by atoms with van der Waals surface area (Å²) >= 11 is 1.89. The summed E-state index contributed by atoms with van der Waals surface area (Å²) in [5.41, 5.74) is 0. The van der Waals surface area contributed by atoms with Crippen LogP contribution >= 0.6 is 22.6 Å². The fourth-order valence-electron chi connectivity index (χ4n) is 1.11. The minimum absolute atomic E-state index is 0.108. The predicted molar refractivity (Wildman–Crippen MR) is 70.9 cm³/mol. The predicted octanol–water partition coefficient (Wildman–Crippen LogP) is 0.152. The topological polar surface area (TPSA) is 95.5 Å². The van der Waals surface area contributed by atoms with Crippen molar-refractivity contribution < 1.29 is 19.5 Å². The summed E-state index contributed by atoms with van der Waals surface area (Å²) < 4.78 is 0.253. The molecule has 0 aliphatic heterocycles. The average Bonchev–Trinajstić information content (AvgIpc) is 2.24. The minimum Gasteiger partial charge on any atom is -0.480 e. The quantitative estimate of drug-likeness (QED) is 0.467. The molecule has 0 bridgehead atoms. The molecule has 98 valence electrons. The van der Waals surface area contributed by atoms with E-state index >= 15 is 0 Å². The second-order valence-corrected chi connectivity index (χ2v) is 4.75. The first-order valence-electron chi connectivity index (χ1n) is 5.18. The number of rotatable bonds is 6. The van der Waals surface area contributed by atoms with E-state index in [0.717, 1.165) is 0 Å². The molecule has 0 unspecified atom stereocenters. The summed E-state index contributed by atoms with van der Waals surface area (Å²) in [6.07, 6.45) is 0. The van der Waals surface area contributed by atoms with Crippen molar-refractivity contribution in [2.45, 2.75) is 32.9 Å². The minimum atomic E-state index is -1.11. The molecule has 0 aromatic carbocycles. The lowest BCUT2D eigenvalue weighted by Crippen LogP contribution is -2.53. The summed E-state index contributed by atoms with van der Waals surface area (Å²) in [6.45, 7) is 4.93. The molecule has 0 saturated carbocycles. The molecule has 0 aliphatic carbocycles. The summed E-state index contributed by atoms with van der Waals surface area (Å²) in [7, 11) is 0. The number of carbonyl (C=O) groups is 3. The Labute approximate surface area is 114 Å². The van der Waals surface area contributed by atoms with Gasteiger partial charge >= 0.3 is 5.97 Å². The van der Waals surface area contributed by atoms with E-state index in [4.69, 9.17) is 5.11 Å². The van der Waals surface area contributed by atoms with Crippen LogP contribution in [-0.4, -0.2) is 39.4 Å². The zero-order valence-corrected chi connectivity index (χ0v) is 12.1. The van der Waals surface area contributed by atoms with Gasteiger partial charge in [-0.3, -0.25) is 14.4 Å². The van der Waals surface area contributed by atoms with Crippen molar-refractivity contribution in [3.05, 3.63) is 0 Å². The molecule has 0 aromatic heterocycles. The Hall–Kier alpha value is -0.860. The zero-order valence-electron chi connectivity index (χ0n) is 9.99. The van der Waals surface area contributed by atoms with Crippen molar-refractivity contribution in [1.29, 1.82) is 0 Å². The number of nitrogens with one attached hydrogen (secondary N) is 2. The van der Waals surface area contributed by atoms with Gasteiger partial charge in [0.15, 0.2) is 0 Å². The van der Waals surface area contributed by atoms with Gasteiger partial charge in [0, 0.05) is 0 Å². The van der Waals surface area contributed by atoms with Crippen LogP contribution in [0, 0.1) is 5.92 Å². The summed E-state index contributed by atoms with van der Waals surface area (Å²) in [5, 5.41) is 13.6. The third-order valence-corrected chi connectivity index (χ3v) is 2.81. The fraction of sp³-hybridized carbons (Fsp3) is 0.700. The molecule has 0 rings (SSSR count). The monoisotopic (exact) mass is 356 g/mol. The normalized spacial score (nSPS) is 13.9. The number of carboxylic acids is 1. The second kappa shape index (κ2) is 7.46. The van der Waals surface area contributed by atoms with Crippen molar-refractivity contribution in [3.63, 3.8) is 0 Å². The van der Waals surface area contributed by atoms with Gasteiger partial charge in [0.2, 0.25) is 11.8 Å². The molecule has 2 atom stereocenters. The van der Waals surface area contributed by atoms with Crippen LogP contribution in [0.25, 0.3) is 0 Å².